The molecular formula is C13H20ClN3O2. The Bertz CT molecular complexity index is 451. The average molecular weight is 286 g/mol. The van der Waals surface area contributed by atoms with Crippen LogP contribution < -0.4 is 5.32 Å². The van der Waals surface area contributed by atoms with Crippen molar-refractivity contribution in [1.29, 1.82) is 0 Å². The summed E-state index contributed by atoms with van der Waals surface area (Å²) in [5.74, 6) is 1.75. The number of nitrogens with zero attached hydrogens (tertiary/aromatic N) is 2. The van der Waals surface area contributed by atoms with Crippen LogP contribution in [0, 0.1) is 6.92 Å². The van der Waals surface area contributed by atoms with Crippen molar-refractivity contribution in [2.75, 3.05) is 18.5 Å². The van der Waals surface area contributed by atoms with Crippen molar-refractivity contribution in [2.24, 2.45) is 0 Å². The molecular weight excluding hydrogens is 266 g/mol. The lowest BCUT2D eigenvalue weighted by Gasteiger charge is -2.31. The van der Waals surface area contributed by atoms with Crippen LogP contribution >= 0.6 is 11.6 Å². The first kappa shape index (κ1) is 14.5. The van der Waals surface area contributed by atoms with E-state index in [9.17, 15) is 10.2 Å². The number of halogens is 1. The van der Waals surface area contributed by atoms with E-state index in [1.807, 2.05) is 13.8 Å². The summed E-state index contributed by atoms with van der Waals surface area (Å²) in [6.45, 7) is 3.40. The topological polar surface area (TPSA) is 78.3 Å². The summed E-state index contributed by atoms with van der Waals surface area (Å²) in [6.07, 6.45) is 2.77. The van der Waals surface area contributed by atoms with Crippen molar-refractivity contribution < 1.29 is 10.2 Å². The van der Waals surface area contributed by atoms with Gasteiger partial charge >= 0.3 is 0 Å². The summed E-state index contributed by atoms with van der Waals surface area (Å²) in [7, 11) is 0. The lowest BCUT2D eigenvalue weighted by atomic mass is 9.98. The summed E-state index contributed by atoms with van der Waals surface area (Å²) in [5, 5.41) is 22.5. The van der Waals surface area contributed by atoms with Gasteiger partial charge in [0.1, 0.15) is 16.8 Å². The van der Waals surface area contributed by atoms with Gasteiger partial charge in [-0.3, -0.25) is 0 Å². The second-order valence-corrected chi connectivity index (χ2v) is 5.55. The van der Waals surface area contributed by atoms with Crippen LogP contribution in [0.3, 0.4) is 0 Å². The number of aliphatic hydroxyl groups is 2. The average Bonchev–Trinajstić information content (AvgIpc) is 3.25. The summed E-state index contributed by atoms with van der Waals surface area (Å²) in [4.78, 5) is 8.79. The first-order valence-electron chi connectivity index (χ1n) is 6.59. The molecule has 0 saturated heterocycles. The molecule has 1 heterocycles. The van der Waals surface area contributed by atoms with Gasteiger partial charge in [0.25, 0.3) is 0 Å². The van der Waals surface area contributed by atoms with E-state index in [2.05, 4.69) is 15.3 Å². The molecule has 1 fully saturated rings. The molecule has 1 aliphatic carbocycles. The standard InChI is InChI=1S/C13H20ClN3O2/c1-3-13(6-18,7-19)17-11-8(2)10(14)15-12(16-11)9-4-5-9/h9,18-19H,3-7H2,1-2H3,(H,15,16,17). The van der Waals surface area contributed by atoms with Crippen LogP contribution in [0.15, 0.2) is 0 Å². The van der Waals surface area contributed by atoms with E-state index >= 15 is 0 Å². The number of rotatable bonds is 6. The zero-order chi connectivity index (χ0) is 14.0. The highest BCUT2D eigenvalue weighted by Crippen LogP contribution is 2.39. The quantitative estimate of drug-likeness (QED) is 0.696. The Kier molecular flexibility index (Phi) is 4.28. The number of nitrogens with one attached hydrogen (secondary N) is 1. The summed E-state index contributed by atoms with van der Waals surface area (Å²) in [5.41, 5.74) is -0.0331. The SMILES string of the molecule is CCC(CO)(CO)Nc1nc(C2CC2)nc(Cl)c1C. The van der Waals surface area contributed by atoms with E-state index in [0.29, 0.717) is 23.3 Å². The lowest BCUT2D eigenvalue weighted by molar-refractivity contribution is 0.132. The van der Waals surface area contributed by atoms with E-state index < -0.39 is 5.54 Å². The zero-order valence-corrected chi connectivity index (χ0v) is 12.0. The molecule has 0 amide bonds. The van der Waals surface area contributed by atoms with E-state index in [0.717, 1.165) is 24.2 Å². The fourth-order valence-electron chi connectivity index (χ4n) is 1.84. The molecule has 19 heavy (non-hydrogen) atoms. The molecule has 0 aliphatic heterocycles. The third-order valence-electron chi connectivity index (χ3n) is 3.71. The molecule has 5 nitrogen and oxygen atoms in total. The van der Waals surface area contributed by atoms with E-state index in [1.54, 1.807) is 0 Å². The van der Waals surface area contributed by atoms with Crippen molar-refractivity contribution in [3.63, 3.8) is 0 Å². The fraction of sp³-hybridized carbons (Fsp3) is 0.692. The van der Waals surface area contributed by atoms with Crippen molar-refractivity contribution >= 4 is 17.4 Å². The van der Waals surface area contributed by atoms with Crippen LogP contribution in [0.4, 0.5) is 5.82 Å². The van der Waals surface area contributed by atoms with Crippen molar-refractivity contribution in [3.05, 3.63) is 16.5 Å². The Morgan fingerprint density at radius 2 is 1.95 bits per heavy atom. The van der Waals surface area contributed by atoms with Gasteiger partial charge in [-0.1, -0.05) is 18.5 Å². The van der Waals surface area contributed by atoms with Crippen LogP contribution in [0.25, 0.3) is 0 Å². The van der Waals surface area contributed by atoms with Crippen molar-refractivity contribution in [3.8, 4) is 0 Å². The highest BCUT2D eigenvalue weighted by molar-refractivity contribution is 6.30. The van der Waals surface area contributed by atoms with Crippen LogP contribution in [-0.2, 0) is 0 Å². The minimum absolute atomic E-state index is 0.167. The van der Waals surface area contributed by atoms with Gasteiger partial charge in [0, 0.05) is 11.5 Å². The number of aliphatic hydroxyl groups excluding tert-OH is 2. The normalized spacial score (nSPS) is 15.6. The van der Waals surface area contributed by atoms with Gasteiger partial charge in [-0.2, -0.15) is 0 Å². The minimum Gasteiger partial charge on any atom is -0.394 e. The number of hydrogen-bond donors (Lipinski definition) is 3. The van der Waals surface area contributed by atoms with Crippen LogP contribution in [0.1, 0.15) is 43.5 Å². The molecule has 106 valence electrons. The number of aromatic nitrogens is 2. The molecule has 2 rings (SSSR count). The van der Waals surface area contributed by atoms with Crippen LogP contribution in [-0.4, -0.2) is 38.9 Å². The lowest BCUT2D eigenvalue weighted by Crippen LogP contribution is -2.45. The molecule has 0 spiro atoms. The van der Waals surface area contributed by atoms with Gasteiger partial charge in [0.05, 0.1) is 18.8 Å². The fourth-order valence-corrected chi connectivity index (χ4v) is 2.02. The van der Waals surface area contributed by atoms with E-state index in [1.165, 1.54) is 0 Å². The number of hydrogen-bond acceptors (Lipinski definition) is 5. The summed E-state index contributed by atoms with van der Waals surface area (Å²) >= 11 is 6.13. The third kappa shape index (κ3) is 2.99. The van der Waals surface area contributed by atoms with Gasteiger partial charge in [-0.15, -0.1) is 0 Å². The second kappa shape index (κ2) is 5.61. The predicted molar refractivity (Wildman–Crippen MR) is 74.6 cm³/mol. The number of anilines is 1. The monoisotopic (exact) mass is 285 g/mol. The van der Waals surface area contributed by atoms with Crippen molar-refractivity contribution in [2.45, 2.75) is 44.6 Å². The molecule has 1 aromatic heterocycles. The molecule has 3 N–H and O–H groups in total. The van der Waals surface area contributed by atoms with Gasteiger partial charge in [-0.25, -0.2) is 9.97 Å². The van der Waals surface area contributed by atoms with Crippen LogP contribution in [0.5, 0.6) is 0 Å². The molecule has 0 bridgehead atoms. The Labute approximate surface area is 118 Å². The first-order valence-corrected chi connectivity index (χ1v) is 6.97. The smallest absolute Gasteiger partial charge is 0.137 e. The molecule has 6 heteroatoms. The molecule has 0 unspecified atom stereocenters. The van der Waals surface area contributed by atoms with Gasteiger partial charge in [0.15, 0.2) is 0 Å². The highest BCUT2D eigenvalue weighted by atomic mass is 35.5. The molecule has 1 aromatic rings. The second-order valence-electron chi connectivity index (χ2n) is 5.20. The summed E-state index contributed by atoms with van der Waals surface area (Å²) in [6, 6.07) is 0. The Morgan fingerprint density at radius 1 is 1.32 bits per heavy atom. The molecule has 1 aliphatic rings. The maximum Gasteiger partial charge on any atom is 0.137 e. The van der Waals surface area contributed by atoms with Crippen LogP contribution in [0.2, 0.25) is 5.15 Å². The summed E-state index contributed by atoms with van der Waals surface area (Å²) < 4.78 is 0. The first-order chi connectivity index (χ1) is 9.05. The Balaban J connectivity index is 2.32. The minimum atomic E-state index is -0.775. The zero-order valence-electron chi connectivity index (χ0n) is 11.3. The third-order valence-corrected chi connectivity index (χ3v) is 4.08. The highest BCUT2D eigenvalue weighted by Gasteiger charge is 2.31. The maximum atomic E-state index is 9.49. The van der Waals surface area contributed by atoms with E-state index in [-0.39, 0.29) is 13.2 Å². The Hall–Kier alpha value is -0.910. The molecule has 0 radical (unpaired) electrons. The molecule has 0 atom stereocenters. The van der Waals surface area contributed by atoms with E-state index in [4.69, 9.17) is 11.6 Å². The van der Waals surface area contributed by atoms with Crippen molar-refractivity contribution in [1.82, 2.24) is 9.97 Å². The maximum absolute atomic E-state index is 9.49. The Morgan fingerprint density at radius 3 is 2.42 bits per heavy atom. The van der Waals surface area contributed by atoms with Gasteiger partial charge in [-0.05, 0) is 26.2 Å². The predicted octanol–water partition coefficient (Wildman–Crippen LogP) is 1.86. The molecule has 0 aromatic carbocycles. The van der Waals surface area contributed by atoms with Gasteiger partial charge in [0.2, 0.25) is 0 Å². The molecule has 1 saturated carbocycles. The van der Waals surface area contributed by atoms with Gasteiger partial charge < -0.3 is 15.5 Å². The largest absolute Gasteiger partial charge is 0.394 e.